The molecule has 146 valence electrons. The molecule has 0 aromatic heterocycles. The zero-order chi connectivity index (χ0) is 19.0. The zero-order valence-corrected chi connectivity index (χ0v) is 16.5. The van der Waals surface area contributed by atoms with E-state index in [-0.39, 0.29) is 21.6 Å². The van der Waals surface area contributed by atoms with E-state index in [9.17, 15) is 13.2 Å². The Hall–Kier alpha value is -1.64. The third-order valence-electron chi connectivity index (χ3n) is 5.20. The van der Waals surface area contributed by atoms with Crippen LogP contribution in [-0.4, -0.2) is 46.0 Å². The van der Waals surface area contributed by atoms with Gasteiger partial charge in [-0.3, -0.25) is 4.79 Å². The van der Waals surface area contributed by atoms with Crippen LogP contribution in [0, 0.1) is 0 Å². The van der Waals surface area contributed by atoms with Gasteiger partial charge in [-0.25, -0.2) is 0 Å². The molecule has 0 bridgehead atoms. The van der Waals surface area contributed by atoms with Gasteiger partial charge in [-0.15, -0.1) is 4.40 Å². The van der Waals surface area contributed by atoms with Gasteiger partial charge in [-0.2, -0.15) is 8.42 Å². The SMILES string of the molecule is O=C(NCC1CCCO1)c1cc2c(cc1Cl)N1CCCCCC1=NS2(=O)=O. The lowest BCUT2D eigenvalue weighted by molar-refractivity contribution is 0.0857. The van der Waals surface area contributed by atoms with Crippen LogP contribution in [0.1, 0.15) is 48.9 Å². The molecule has 0 radical (unpaired) electrons. The maximum Gasteiger partial charge on any atom is 0.286 e. The van der Waals surface area contributed by atoms with Gasteiger partial charge >= 0.3 is 0 Å². The second-order valence-corrected chi connectivity index (χ2v) is 9.07. The first-order valence-corrected chi connectivity index (χ1v) is 11.1. The van der Waals surface area contributed by atoms with Crippen LogP contribution in [0.25, 0.3) is 0 Å². The van der Waals surface area contributed by atoms with Crippen LogP contribution in [0.15, 0.2) is 21.4 Å². The number of carbonyl (C=O) groups is 1. The molecule has 27 heavy (non-hydrogen) atoms. The lowest BCUT2D eigenvalue weighted by atomic mass is 10.1. The van der Waals surface area contributed by atoms with Gasteiger partial charge in [0.25, 0.3) is 15.9 Å². The van der Waals surface area contributed by atoms with Crippen molar-refractivity contribution in [2.45, 2.75) is 49.5 Å². The molecule has 1 aromatic carbocycles. The summed E-state index contributed by atoms with van der Waals surface area (Å²) in [6, 6.07) is 2.93. The average molecular weight is 412 g/mol. The number of anilines is 1. The summed E-state index contributed by atoms with van der Waals surface area (Å²) < 4.78 is 34.9. The number of sulfonamides is 1. The number of rotatable bonds is 3. The number of amidine groups is 1. The molecule has 3 aliphatic heterocycles. The molecule has 1 N–H and O–H groups in total. The second-order valence-electron chi connectivity index (χ2n) is 7.09. The molecule has 2 saturated heterocycles. The van der Waals surface area contributed by atoms with Crippen molar-refractivity contribution in [3.8, 4) is 0 Å². The van der Waals surface area contributed by atoms with Crippen molar-refractivity contribution in [2.24, 2.45) is 4.40 Å². The molecule has 2 fully saturated rings. The topological polar surface area (TPSA) is 88.1 Å². The molecule has 0 saturated carbocycles. The summed E-state index contributed by atoms with van der Waals surface area (Å²) in [7, 11) is -3.85. The number of amides is 1. The Kier molecular flexibility index (Phi) is 5.13. The van der Waals surface area contributed by atoms with Gasteiger partial charge in [-0.1, -0.05) is 18.0 Å². The van der Waals surface area contributed by atoms with Crippen molar-refractivity contribution in [3.05, 3.63) is 22.7 Å². The van der Waals surface area contributed by atoms with Crippen molar-refractivity contribution >= 4 is 39.1 Å². The minimum atomic E-state index is -3.85. The summed E-state index contributed by atoms with van der Waals surface area (Å²) in [4.78, 5) is 14.5. The standard InChI is InChI=1S/C18H22ClN3O4S/c19-14-10-15-16(9-13(14)18(23)20-11-12-5-4-8-26-12)27(24,25)21-17-6-2-1-3-7-22(15)17/h9-10,12H,1-8,11H2,(H,20,23). The predicted molar refractivity (Wildman–Crippen MR) is 103 cm³/mol. The van der Waals surface area contributed by atoms with Crippen molar-refractivity contribution in [3.63, 3.8) is 0 Å². The first-order chi connectivity index (χ1) is 13.0. The molecule has 9 heteroatoms. The summed E-state index contributed by atoms with van der Waals surface area (Å²) in [6.07, 6.45) is 5.41. The van der Waals surface area contributed by atoms with Crippen LogP contribution >= 0.6 is 11.6 Å². The number of nitrogens with one attached hydrogen (secondary N) is 1. The first-order valence-electron chi connectivity index (χ1n) is 9.30. The minimum absolute atomic E-state index is 0.00153. The highest BCUT2D eigenvalue weighted by Gasteiger charge is 2.33. The summed E-state index contributed by atoms with van der Waals surface area (Å²) in [5, 5.41) is 3.03. The van der Waals surface area contributed by atoms with E-state index in [0.29, 0.717) is 37.6 Å². The van der Waals surface area contributed by atoms with Gasteiger partial charge in [-0.05, 0) is 37.8 Å². The Balaban J connectivity index is 1.65. The molecule has 7 nitrogen and oxygen atoms in total. The monoisotopic (exact) mass is 411 g/mol. The van der Waals surface area contributed by atoms with E-state index < -0.39 is 15.9 Å². The number of carbonyl (C=O) groups excluding carboxylic acids is 1. The fraction of sp³-hybridized carbons (Fsp3) is 0.556. The molecule has 3 heterocycles. The number of fused-ring (bicyclic) bond motifs is 3. The summed E-state index contributed by atoms with van der Waals surface area (Å²) in [6.45, 7) is 1.78. The normalized spacial score (nSPS) is 23.8. The van der Waals surface area contributed by atoms with Gasteiger partial charge in [0, 0.05) is 26.1 Å². The van der Waals surface area contributed by atoms with E-state index in [4.69, 9.17) is 16.3 Å². The maximum atomic E-state index is 12.7. The van der Waals surface area contributed by atoms with Gasteiger partial charge in [0.2, 0.25) is 0 Å². The van der Waals surface area contributed by atoms with E-state index in [1.165, 1.54) is 6.07 Å². The number of nitrogens with zero attached hydrogens (tertiary/aromatic N) is 2. The maximum absolute atomic E-state index is 12.7. The molecule has 0 spiro atoms. The van der Waals surface area contributed by atoms with Crippen LogP contribution in [0.4, 0.5) is 5.69 Å². The van der Waals surface area contributed by atoms with E-state index in [0.717, 1.165) is 32.1 Å². The van der Waals surface area contributed by atoms with Crippen LogP contribution < -0.4 is 10.2 Å². The molecule has 1 atom stereocenters. The zero-order valence-electron chi connectivity index (χ0n) is 14.9. The third kappa shape index (κ3) is 3.70. The largest absolute Gasteiger partial charge is 0.376 e. The van der Waals surface area contributed by atoms with Gasteiger partial charge < -0.3 is 15.0 Å². The van der Waals surface area contributed by atoms with Crippen molar-refractivity contribution in [1.82, 2.24) is 5.32 Å². The van der Waals surface area contributed by atoms with Crippen molar-refractivity contribution < 1.29 is 17.9 Å². The Labute approximate surface area is 163 Å². The highest BCUT2D eigenvalue weighted by Crippen LogP contribution is 2.37. The van der Waals surface area contributed by atoms with Crippen LogP contribution in [0.2, 0.25) is 5.02 Å². The minimum Gasteiger partial charge on any atom is -0.376 e. The molecular weight excluding hydrogens is 390 g/mol. The molecule has 1 aromatic rings. The first kappa shape index (κ1) is 18.7. The Morgan fingerprint density at radius 3 is 2.93 bits per heavy atom. The number of hydrogen-bond acceptors (Lipinski definition) is 5. The van der Waals surface area contributed by atoms with Crippen LogP contribution in [0.5, 0.6) is 0 Å². The molecule has 1 unspecified atom stereocenters. The second kappa shape index (κ2) is 7.41. The van der Waals surface area contributed by atoms with Crippen molar-refractivity contribution in [2.75, 3.05) is 24.6 Å². The molecule has 1 amide bonds. The highest BCUT2D eigenvalue weighted by molar-refractivity contribution is 7.90. The van der Waals surface area contributed by atoms with E-state index >= 15 is 0 Å². The Bertz CT molecular complexity index is 894. The van der Waals surface area contributed by atoms with Crippen LogP contribution in [0.3, 0.4) is 0 Å². The molecule has 0 aliphatic carbocycles. The predicted octanol–water partition coefficient (Wildman–Crippen LogP) is 2.73. The lowest BCUT2D eigenvalue weighted by Crippen LogP contribution is -2.36. The summed E-state index contributed by atoms with van der Waals surface area (Å²) in [5.74, 6) is 0.158. The number of benzene rings is 1. The molecule has 3 aliphatic rings. The smallest absolute Gasteiger partial charge is 0.286 e. The summed E-state index contributed by atoms with van der Waals surface area (Å²) >= 11 is 6.36. The van der Waals surface area contributed by atoms with Crippen LogP contribution in [-0.2, 0) is 14.8 Å². The number of halogens is 1. The lowest BCUT2D eigenvalue weighted by Gasteiger charge is -2.30. The number of hydrogen-bond donors (Lipinski definition) is 1. The van der Waals surface area contributed by atoms with E-state index in [1.54, 1.807) is 6.07 Å². The Morgan fingerprint density at radius 1 is 1.30 bits per heavy atom. The van der Waals surface area contributed by atoms with E-state index in [2.05, 4.69) is 9.71 Å². The highest BCUT2D eigenvalue weighted by atomic mass is 35.5. The fourth-order valence-electron chi connectivity index (χ4n) is 3.78. The Morgan fingerprint density at radius 2 is 2.15 bits per heavy atom. The number of ether oxygens (including phenoxy) is 1. The quantitative estimate of drug-likeness (QED) is 0.826. The fourth-order valence-corrected chi connectivity index (χ4v) is 5.29. The van der Waals surface area contributed by atoms with Gasteiger partial charge in [0.1, 0.15) is 10.7 Å². The van der Waals surface area contributed by atoms with E-state index in [1.807, 2.05) is 4.90 Å². The van der Waals surface area contributed by atoms with Gasteiger partial charge in [0.15, 0.2) is 0 Å². The molecule has 4 rings (SSSR count). The average Bonchev–Trinajstić information content (AvgIpc) is 3.04. The molecular formula is C18H22ClN3O4S. The summed E-state index contributed by atoms with van der Waals surface area (Å²) in [5.41, 5.74) is 0.660. The van der Waals surface area contributed by atoms with Crippen molar-refractivity contribution in [1.29, 1.82) is 0 Å². The van der Waals surface area contributed by atoms with Gasteiger partial charge in [0.05, 0.1) is 22.4 Å². The third-order valence-corrected chi connectivity index (χ3v) is 6.84.